The second kappa shape index (κ2) is 5.84. The van der Waals surface area contributed by atoms with Crippen LogP contribution < -0.4 is 0 Å². The van der Waals surface area contributed by atoms with E-state index in [1.54, 1.807) is 6.07 Å². The van der Waals surface area contributed by atoms with Crippen LogP contribution in [0.4, 0.5) is 0 Å². The van der Waals surface area contributed by atoms with Gasteiger partial charge in [0, 0.05) is 0 Å². The largest absolute Gasteiger partial charge is 0.459 e. The Kier molecular flexibility index (Phi) is 4.18. The summed E-state index contributed by atoms with van der Waals surface area (Å²) in [6.45, 7) is 2.78. The fraction of sp³-hybridized carbons (Fsp3) is 0.429. The Labute approximate surface area is 101 Å². The normalized spacial score (nSPS) is 20.1. The maximum absolute atomic E-state index is 8.89. The second-order valence-corrected chi connectivity index (χ2v) is 4.29. The molecule has 0 spiro atoms. The molecule has 0 saturated carbocycles. The molecular formula is C14H18O3. The van der Waals surface area contributed by atoms with Crippen molar-refractivity contribution in [2.24, 2.45) is 0 Å². The number of rotatable bonds is 5. The molecular weight excluding hydrogens is 216 g/mol. The Morgan fingerprint density at radius 3 is 3.06 bits per heavy atom. The monoisotopic (exact) mass is 234 g/mol. The van der Waals surface area contributed by atoms with Crippen LogP contribution in [0.3, 0.4) is 0 Å². The van der Waals surface area contributed by atoms with Gasteiger partial charge in [-0.1, -0.05) is 17.7 Å². The summed E-state index contributed by atoms with van der Waals surface area (Å²) in [6, 6.07) is 3.67. The minimum absolute atomic E-state index is 0.0480. The SMILES string of the molecule is C/C(=C\c1ccc(CO)o1)CC[C@@H]1C=CCO1. The Hall–Kier alpha value is -1.32. The van der Waals surface area contributed by atoms with Crippen LogP contribution in [0.25, 0.3) is 6.08 Å². The molecule has 0 radical (unpaired) electrons. The van der Waals surface area contributed by atoms with E-state index in [0.717, 1.165) is 25.2 Å². The molecule has 92 valence electrons. The van der Waals surface area contributed by atoms with Crippen LogP contribution in [-0.4, -0.2) is 17.8 Å². The highest BCUT2D eigenvalue weighted by Crippen LogP contribution is 2.17. The van der Waals surface area contributed by atoms with Crippen LogP contribution >= 0.6 is 0 Å². The van der Waals surface area contributed by atoms with Gasteiger partial charge in [0.15, 0.2) is 0 Å². The number of aliphatic hydroxyl groups excluding tert-OH is 1. The highest BCUT2D eigenvalue weighted by atomic mass is 16.5. The summed E-state index contributed by atoms with van der Waals surface area (Å²) < 4.78 is 10.9. The van der Waals surface area contributed by atoms with Gasteiger partial charge in [-0.05, 0) is 38.0 Å². The third-order valence-corrected chi connectivity index (χ3v) is 2.81. The molecule has 0 amide bonds. The molecule has 1 N–H and O–H groups in total. The van der Waals surface area contributed by atoms with E-state index in [9.17, 15) is 0 Å². The standard InChI is InChI=1S/C14H18O3/c1-11(4-5-12-3-2-8-16-12)9-13-6-7-14(10-15)17-13/h2-3,6-7,9,12,15H,4-5,8,10H2,1H3/b11-9+/t12-/m0/s1. The number of allylic oxidation sites excluding steroid dienone is 1. The summed E-state index contributed by atoms with van der Waals surface area (Å²) in [7, 11) is 0. The van der Waals surface area contributed by atoms with Gasteiger partial charge < -0.3 is 14.3 Å². The third kappa shape index (κ3) is 3.58. The van der Waals surface area contributed by atoms with Crippen molar-refractivity contribution in [1.29, 1.82) is 0 Å². The first-order valence-electron chi connectivity index (χ1n) is 5.93. The maximum Gasteiger partial charge on any atom is 0.130 e. The molecule has 1 atom stereocenters. The van der Waals surface area contributed by atoms with Crippen LogP contribution in [0.2, 0.25) is 0 Å². The van der Waals surface area contributed by atoms with Crippen molar-refractivity contribution >= 4 is 6.08 Å². The topological polar surface area (TPSA) is 42.6 Å². The van der Waals surface area contributed by atoms with Gasteiger partial charge in [0.05, 0.1) is 12.7 Å². The number of hydrogen-bond acceptors (Lipinski definition) is 3. The fourth-order valence-electron chi connectivity index (χ4n) is 1.86. The Balaban J connectivity index is 1.85. The number of hydrogen-bond donors (Lipinski definition) is 1. The fourth-order valence-corrected chi connectivity index (χ4v) is 1.86. The minimum atomic E-state index is -0.0480. The van der Waals surface area contributed by atoms with Gasteiger partial charge in [0.2, 0.25) is 0 Å². The molecule has 1 aromatic heterocycles. The van der Waals surface area contributed by atoms with Crippen molar-refractivity contribution in [2.75, 3.05) is 6.61 Å². The lowest BCUT2D eigenvalue weighted by atomic mass is 10.1. The zero-order valence-electron chi connectivity index (χ0n) is 10.1. The van der Waals surface area contributed by atoms with Crippen LogP contribution in [0, 0.1) is 0 Å². The van der Waals surface area contributed by atoms with Gasteiger partial charge in [-0.15, -0.1) is 0 Å². The van der Waals surface area contributed by atoms with Crippen molar-refractivity contribution in [3.63, 3.8) is 0 Å². The summed E-state index contributed by atoms with van der Waals surface area (Å²) in [5.41, 5.74) is 1.26. The molecule has 0 saturated heterocycles. The molecule has 2 rings (SSSR count). The molecule has 0 unspecified atom stereocenters. The van der Waals surface area contributed by atoms with E-state index in [1.807, 2.05) is 12.1 Å². The first-order chi connectivity index (χ1) is 8.28. The van der Waals surface area contributed by atoms with Crippen molar-refractivity contribution < 1.29 is 14.3 Å². The van der Waals surface area contributed by atoms with E-state index in [4.69, 9.17) is 14.3 Å². The molecule has 3 heteroatoms. The van der Waals surface area contributed by atoms with E-state index in [1.165, 1.54) is 5.57 Å². The maximum atomic E-state index is 8.89. The predicted molar refractivity (Wildman–Crippen MR) is 66.4 cm³/mol. The van der Waals surface area contributed by atoms with Crippen LogP contribution in [0.5, 0.6) is 0 Å². The van der Waals surface area contributed by atoms with Crippen molar-refractivity contribution in [2.45, 2.75) is 32.5 Å². The summed E-state index contributed by atoms with van der Waals surface area (Å²) in [5, 5.41) is 8.89. The first-order valence-corrected chi connectivity index (χ1v) is 5.93. The zero-order valence-corrected chi connectivity index (χ0v) is 10.1. The Bertz CT molecular complexity index is 415. The van der Waals surface area contributed by atoms with E-state index < -0.39 is 0 Å². The van der Waals surface area contributed by atoms with E-state index in [0.29, 0.717) is 5.76 Å². The molecule has 1 aromatic rings. The summed E-state index contributed by atoms with van der Waals surface area (Å²) in [4.78, 5) is 0. The highest BCUT2D eigenvalue weighted by Gasteiger charge is 2.09. The van der Waals surface area contributed by atoms with Crippen molar-refractivity contribution in [3.05, 3.63) is 41.4 Å². The molecule has 2 heterocycles. The van der Waals surface area contributed by atoms with E-state index >= 15 is 0 Å². The average Bonchev–Trinajstić information content (AvgIpc) is 2.97. The van der Waals surface area contributed by atoms with E-state index in [-0.39, 0.29) is 12.7 Å². The first kappa shape index (κ1) is 12.1. The van der Waals surface area contributed by atoms with Gasteiger partial charge in [-0.3, -0.25) is 0 Å². The number of ether oxygens (including phenoxy) is 1. The lowest BCUT2D eigenvalue weighted by molar-refractivity contribution is 0.122. The summed E-state index contributed by atoms with van der Waals surface area (Å²) in [6.07, 6.45) is 8.45. The lowest BCUT2D eigenvalue weighted by Gasteiger charge is -2.07. The van der Waals surface area contributed by atoms with Crippen molar-refractivity contribution in [1.82, 2.24) is 0 Å². The van der Waals surface area contributed by atoms with Gasteiger partial charge in [0.1, 0.15) is 18.1 Å². The molecule has 0 bridgehead atoms. The van der Waals surface area contributed by atoms with Gasteiger partial charge in [-0.2, -0.15) is 0 Å². The van der Waals surface area contributed by atoms with Crippen LogP contribution in [0.15, 0.2) is 34.3 Å². The van der Waals surface area contributed by atoms with Crippen LogP contribution in [-0.2, 0) is 11.3 Å². The second-order valence-electron chi connectivity index (χ2n) is 4.29. The van der Waals surface area contributed by atoms with Crippen LogP contribution in [0.1, 0.15) is 31.3 Å². The van der Waals surface area contributed by atoms with Gasteiger partial charge in [-0.25, -0.2) is 0 Å². The van der Waals surface area contributed by atoms with E-state index in [2.05, 4.69) is 19.1 Å². The summed E-state index contributed by atoms with van der Waals surface area (Å²) in [5.74, 6) is 1.40. The molecule has 1 aliphatic rings. The predicted octanol–water partition coefficient (Wildman–Crippen LogP) is 2.91. The number of furan rings is 1. The number of aliphatic hydroxyl groups is 1. The Morgan fingerprint density at radius 1 is 1.53 bits per heavy atom. The van der Waals surface area contributed by atoms with Crippen molar-refractivity contribution in [3.8, 4) is 0 Å². The quantitative estimate of drug-likeness (QED) is 0.796. The molecule has 1 aliphatic heterocycles. The smallest absolute Gasteiger partial charge is 0.130 e. The molecule has 0 aliphatic carbocycles. The lowest BCUT2D eigenvalue weighted by Crippen LogP contribution is -2.03. The molecule has 3 nitrogen and oxygen atoms in total. The average molecular weight is 234 g/mol. The minimum Gasteiger partial charge on any atom is -0.459 e. The molecule has 17 heavy (non-hydrogen) atoms. The molecule has 0 fully saturated rings. The van der Waals surface area contributed by atoms with Gasteiger partial charge >= 0.3 is 0 Å². The Morgan fingerprint density at radius 2 is 2.41 bits per heavy atom. The summed E-state index contributed by atoms with van der Waals surface area (Å²) >= 11 is 0. The molecule has 0 aromatic carbocycles. The zero-order chi connectivity index (χ0) is 12.1. The third-order valence-electron chi connectivity index (χ3n) is 2.81. The highest BCUT2D eigenvalue weighted by molar-refractivity contribution is 5.46. The van der Waals surface area contributed by atoms with Gasteiger partial charge in [0.25, 0.3) is 0 Å².